The predicted molar refractivity (Wildman–Crippen MR) is 73.7 cm³/mol. The van der Waals surface area contributed by atoms with Crippen LogP contribution in [0.1, 0.15) is 10.6 Å². The largest absolute Gasteiger partial charge is 0.475 e. The van der Waals surface area contributed by atoms with Crippen molar-refractivity contribution in [2.45, 2.75) is 0 Å². The number of carbonyl (C=O) groups excluding carboxylic acids is 1. The van der Waals surface area contributed by atoms with E-state index in [1.807, 2.05) is 0 Å². The van der Waals surface area contributed by atoms with Crippen molar-refractivity contribution in [3.8, 4) is 11.4 Å². The number of furan rings is 1. The van der Waals surface area contributed by atoms with E-state index in [2.05, 4.69) is 20.0 Å². The standard InChI is InChI=1S/C13H10N4O5/c1-21-13(20)16-12-14-8-3-2-5-17(8)10(15-12)7-4-6-22-9(7)11(18)19/h2-6H,1H3,(H,18,19)(H,14,16,20). The molecule has 3 heterocycles. The van der Waals surface area contributed by atoms with Crippen molar-refractivity contribution in [1.82, 2.24) is 14.4 Å². The van der Waals surface area contributed by atoms with Crippen molar-refractivity contribution in [2.24, 2.45) is 0 Å². The Balaban J connectivity index is 2.19. The average molecular weight is 302 g/mol. The number of carboxylic acid groups (broad SMARTS) is 1. The number of hydrogen-bond acceptors (Lipinski definition) is 6. The van der Waals surface area contributed by atoms with E-state index in [1.54, 1.807) is 22.7 Å². The van der Waals surface area contributed by atoms with Crippen LogP contribution >= 0.6 is 0 Å². The molecular formula is C13H10N4O5. The second-order valence-electron chi connectivity index (χ2n) is 4.19. The molecule has 9 nitrogen and oxygen atoms in total. The summed E-state index contributed by atoms with van der Waals surface area (Å²) >= 11 is 0. The van der Waals surface area contributed by atoms with Crippen LogP contribution in [-0.4, -0.2) is 38.6 Å². The lowest BCUT2D eigenvalue weighted by molar-refractivity contribution is 0.0663. The number of aromatic carboxylic acids is 1. The Bertz CT molecular complexity index is 866. The summed E-state index contributed by atoms with van der Waals surface area (Å²) in [6.07, 6.45) is 2.20. The van der Waals surface area contributed by atoms with Crippen molar-refractivity contribution < 1.29 is 23.8 Å². The highest BCUT2D eigenvalue weighted by Crippen LogP contribution is 2.25. The fourth-order valence-corrected chi connectivity index (χ4v) is 1.97. The Labute approximate surface area is 123 Å². The fraction of sp³-hybridized carbons (Fsp3) is 0.0769. The molecule has 0 saturated carbocycles. The van der Waals surface area contributed by atoms with E-state index in [0.29, 0.717) is 5.65 Å². The molecule has 22 heavy (non-hydrogen) atoms. The van der Waals surface area contributed by atoms with Crippen molar-refractivity contribution in [3.63, 3.8) is 0 Å². The van der Waals surface area contributed by atoms with E-state index < -0.39 is 12.1 Å². The van der Waals surface area contributed by atoms with Crippen molar-refractivity contribution in [1.29, 1.82) is 0 Å². The van der Waals surface area contributed by atoms with Gasteiger partial charge in [0.2, 0.25) is 11.7 Å². The minimum absolute atomic E-state index is 0.00871. The van der Waals surface area contributed by atoms with Gasteiger partial charge >= 0.3 is 12.1 Å². The first-order chi connectivity index (χ1) is 10.6. The monoisotopic (exact) mass is 302 g/mol. The number of amides is 1. The third-order valence-electron chi connectivity index (χ3n) is 2.89. The zero-order valence-corrected chi connectivity index (χ0v) is 11.3. The highest BCUT2D eigenvalue weighted by molar-refractivity contribution is 5.92. The number of carboxylic acids is 1. The molecule has 0 unspecified atom stereocenters. The van der Waals surface area contributed by atoms with Gasteiger partial charge in [-0.2, -0.15) is 9.97 Å². The molecule has 3 aromatic heterocycles. The van der Waals surface area contributed by atoms with Crippen LogP contribution in [-0.2, 0) is 4.74 Å². The summed E-state index contributed by atoms with van der Waals surface area (Å²) in [5, 5.41) is 11.5. The van der Waals surface area contributed by atoms with Crippen LogP contribution in [0.25, 0.3) is 17.0 Å². The first kappa shape index (κ1) is 13.6. The molecule has 0 aliphatic carbocycles. The molecule has 2 N–H and O–H groups in total. The SMILES string of the molecule is COC(=O)Nc1nc(-c2ccoc2C(=O)O)n2cccc2n1. The molecule has 0 radical (unpaired) electrons. The minimum atomic E-state index is -1.22. The summed E-state index contributed by atoms with van der Waals surface area (Å²) in [5.41, 5.74) is 0.748. The van der Waals surface area contributed by atoms with Gasteiger partial charge in [0.15, 0.2) is 5.82 Å². The number of nitrogens with one attached hydrogen (secondary N) is 1. The number of ether oxygens (including phenoxy) is 1. The highest BCUT2D eigenvalue weighted by atomic mass is 16.5. The molecule has 9 heteroatoms. The smallest absolute Gasteiger partial charge is 0.413 e. The van der Waals surface area contributed by atoms with E-state index in [1.165, 1.54) is 19.4 Å². The molecule has 0 saturated heterocycles. The Morgan fingerprint density at radius 3 is 2.91 bits per heavy atom. The fourth-order valence-electron chi connectivity index (χ4n) is 1.97. The third kappa shape index (κ3) is 2.24. The number of fused-ring (bicyclic) bond motifs is 1. The molecule has 0 bridgehead atoms. The lowest BCUT2D eigenvalue weighted by Crippen LogP contribution is -2.15. The molecule has 112 valence electrons. The van der Waals surface area contributed by atoms with Gasteiger partial charge in [0.25, 0.3) is 0 Å². The molecule has 0 aliphatic heterocycles. The Morgan fingerprint density at radius 1 is 1.36 bits per heavy atom. The lowest BCUT2D eigenvalue weighted by Gasteiger charge is -2.07. The van der Waals surface area contributed by atoms with Gasteiger partial charge in [0.1, 0.15) is 5.65 Å². The molecule has 0 spiro atoms. The molecule has 0 aliphatic rings. The van der Waals surface area contributed by atoms with Crippen LogP contribution in [0.4, 0.5) is 10.7 Å². The average Bonchev–Trinajstić information content (AvgIpc) is 3.14. The summed E-state index contributed by atoms with van der Waals surface area (Å²) in [7, 11) is 1.21. The molecular weight excluding hydrogens is 292 g/mol. The van der Waals surface area contributed by atoms with Crippen LogP contribution < -0.4 is 5.32 Å². The summed E-state index contributed by atoms with van der Waals surface area (Å²) in [5.74, 6) is -1.21. The van der Waals surface area contributed by atoms with Gasteiger partial charge in [-0.05, 0) is 18.2 Å². The van der Waals surface area contributed by atoms with Crippen LogP contribution in [0.2, 0.25) is 0 Å². The van der Waals surface area contributed by atoms with Crippen LogP contribution in [0.15, 0.2) is 35.1 Å². The zero-order chi connectivity index (χ0) is 15.7. The number of nitrogens with zero attached hydrogens (tertiary/aromatic N) is 3. The predicted octanol–water partition coefficient (Wildman–Crippen LogP) is 1.87. The van der Waals surface area contributed by atoms with Crippen LogP contribution in [0, 0.1) is 0 Å². The molecule has 0 atom stereocenters. The Hall–Kier alpha value is -3.36. The van der Waals surface area contributed by atoms with Crippen molar-refractivity contribution in [2.75, 3.05) is 12.4 Å². The molecule has 3 aromatic rings. The third-order valence-corrected chi connectivity index (χ3v) is 2.89. The summed E-state index contributed by atoms with van der Waals surface area (Å²) < 4.78 is 11.0. The van der Waals surface area contributed by atoms with Gasteiger partial charge in [-0.3, -0.25) is 9.72 Å². The maximum atomic E-state index is 11.3. The number of anilines is 1. The second kappa shape index (κ2) is 5.20. The molecule has 3 rings (SSSR count). The van der Waals surface area contributed by atoms with Gasteiger partial charge in [-0.1, -0.05) is 0 Å². The van der Waals surface area contributed by atoms with Gasteiger partial charge in [-0.25, -0.2) is 9.59 Å². The first-order valence-electron chi connectivity index (χ1n) is 6.11. The van der Waals surface area contributed by atoms with Crippen LogP contribution in [0.5, 0.6) is 0 Å². The van der Waals surface area contributed by atoms with E-state index in [0.717, 1.165) is 0 Å². The maximum absolute atomic E-state index is 11.3. The number of aromatic nitrogens is 3. The quantitative estimate of drug-likeness (QED) is 0.757. The minimum Gasteiger partial charge on any atom is -0.475 e. The number of methoxy groups -OCH3 is 1. The second-order valence-corrected chi connectivity index (χ2v) is 4.19. The summed E-state index contributed by atoms with van der Waals surface area (Å²) in [4.78, 5) is 30.8. The summed E-state index contributed by atoms with van der Waals surface area (Å²) in [6.45, 7) is 0. The van der Waals surface area contributed by atoms with Gasteiger partial charge in [0, 0.05) is 6.20 Å². The first-order valence-corrected chi connectivity index (χ1v) is 6.11. The number of hydrogen-bond donors (Lipinski definition) is 2. The van der Waals surface area contributed by atoms with Gasteiger partial charge in [-0.15, -0.1) is 0 Å². The van der Waals surface area contributed by atoms with E-state index >= 15 is 0 Å². The van der Waals surface area contributed by atoms with Crippen LogP contribution in [0.3, 0.4) is 0 Å². The normalized spacial score (nSPS) is 10.6. The summed E-state index contributed by atoms with van der Waals surface area (Å²) in [6, 6.07) is 4.89. The zero-order valence-electron chi connectivity index (χ0n) is 11.3. The highest BCUT2D eigenvalue weighted by Gasteiger charge is 2.20. The van der Waals surface area contributed by atoms with E-state index in [9.17, 15) is 9.59 Å². The van der Waals surface area contributed by atoms with Gasteiger partial charge in [0.05, 0.1) is 18.9 Å². The number of carbonyl (C=O) groups is 2. The van der Waals surface area contributed by atoms with E-state index in [-0.39, 0.29) is 23.1 Å². The molecule has 1 amide bonds. The Kier molecular flexibility index (Phi) is 3.22. The maximum Gasteiger partial charge on any atom is 0.413 e. The molecule has 0 aromatic carbocycles. The topological polar surface area (TPSA) is 119 Å². The Morgan fingerprint density at radius 2 is 2.18 bits per heavy atom. The van der Waals surface area contributed by atoms with Gasteiger partial charge < -0.3 is 14.3 Å². The van der Waals surface area contributed by atoms with E-state index in [4.69, 9.17) is 9.52 Å². The van der Waals surface area contributed by atoms with Crippen molar-refractivity contribution >= 4 is 23.7 Å². The lowest BCUT2D eigenvalue weighted by atomic mass is 10.2. The van der Waals surface area contributed by atoms with Crippen molar-refractivity contribution in [3.05, 3.63) is 36.4 Å². The molecule has 0 fully saturated rings. The number of rotatable bonds is 3.